The number of non-ortho nitro benzene ring substituents is 1. The number of unbranched alkanes of at least 4 members (excludes halogenated alkanes) is 6. The molecule has 0 aliphatic heterocycles. The maximum atomic E-state index is 11.8. The fourth-order valence-corrected chi connectivity index (χ4v) is 9.23. The summed E-state index contributed by atoms with van der Waals surface area (Å²) in [6.07, 6.45) is 14.2. The van der Waals surface area contributed by atoms with Gasteiger partial charge in [-0.15, -0.1) is 23.2 Å². The molecule has 0 saturated carbocycles. The lowest BCUT2D eigenvalue weighted by atomic mass is 10.2. The zero-order valence-electron chi connectivity index (χ0n) is 74.4. The predicted molar refractivity (Wildman–Crippen MR) is 469 cm³/mol. The van der Waals surface area contributed by atoms with Crippen molar-refractivity contribution in [1.29, 1.82) is 0 Å². The summed E-state index contributed by atoms with van der Waals surface area (Å²) in [5.74, 6) is 0.823. The van der Waals surface area contributed by atoms with Crippen molar-refractivity contribution >= 4 is 88.3 Å². The topological polar surface area (TPSA) is 518 Å². The van der Waals surface area contributed by atoms with Gasteiger partial charge in [0.1, 0.15) is 70.1 Å². The van der Waals surface area contributed by atoms with Crippen LogP contribution in [0.2, 0.25) is 0 Å². The molecule has 0 radical (unpaired) electrons. The molecule has 2 rings (SSSR count). The molecule has 2 aromatic rings. The van der Waals surface area contributed by atoms with Crippen LogP contribution < -0.4 is 31.3 Å². The second kappa shape index (κ2) is 101. The first-order valence-corrected chi connectivity index (χ1v) is 44.0. The Bertz CT molecular complexity index is 2960. The Hall–Kier alpha value is -7.77. The maximum Gasteiger partial charge on any atom is 0.513 e. The summed E-state index contributed by atoms with van der Waals surface area (Å²) in [4.78, 5) is 113. The van der Waals surface area contributed by atoms with E-state index in [-0.39, 0.29) is 172 Å². The third-order valence-electron chi connectivity index (χ3n) is 15.2. The summed E-state index contributed by atoms with van der Waals surface area (Å²) in [7, 11) is 0. The number of carbonyl (C=O) groups excluding carboxylic acids is 8. The number of hydrogen-bond donors (Lipinski definition) is 7. The van der Waals surface area contributed by atoms with Gasteiger partial charge in [0.2, 0.25) is 0 Å². The first kappa shape index (κ1) is 124. The SMILES string of the molecule is CCN(CC)CC.NCCOCCOO.O=C(CCCOCCOCCCCCCCl)OCCOCCONC(=O)OC/C=C\COC(=O)NCCOCCOCCO.O=C(CCCOCCOCCOC(=O)NCCOCCOCCCCCCCl)OC/C=C\COC(=O)CCCOCCOCCOC(=O)Oc1ccc(O)cc1.O=C(Cl)Oc1ccc([N+](=O)[O-])cc1. The van der Waals surface area contributed by atoms with Crippen LogP contribution in [-0.2, 0) is 114 Å². The van der Waals surface area contributed by atoms with Gasteiger partial charge in [-0.3, -0.25) is 34.6 Å². The number of hydrogen-bond acceptors (Lipinski definition) is 38. The summed E-state index contributed by atoms with van der Waals surface area (Å²) in [5.41, 5.74) is 6.12. The summed E-state index contributed by atoms with van der Waals surface area (Å²) in [6.45, 7) is 21.0. The fraction of sp³-hybridized carbons (Fsp3) is 0.711. The van der Waals surface area contributed by atoms with Crippen LogP contribution in [-0.4, -0.2) is 349 Å². The van der Waals surface area contributed by atoms with E-state index in [9.17, 15) is 53.6 Å². The average molecular weight is 1910 g/mol. The van der Waals surface area contributed by atoms with Crippen molar-refractivity contribution in [2.24, 2.45) is 5.73 Å². The summed E-state index contributed by atoms with van der Waals surface area (Å²) < 4.78 is 108. The van der Waals surface area contributed by atoms with Gasteiger partial charge in [0.25, 0.3) is 5.69 Å². The number of phenolic OH excluding ortho intramolecular Hbond substituents is 1. The Morgan fingerprint density at radius 2 is 0.758 bits per heavy atom. The molecule has 0 aliphatic carbocycles. The molecule has 0 unspecified atom stereocenters. The maximum absolute atomic E-state index is 11.8. The Morgan fingerprint density at radius 1 is 0.406 bits per heavy atom. The highest BCUT2D eigenvalue weighted by Gasteiger charge is 2.12. The molecule has 0 spiro atoms. The first-order valence-electron chi connectivity index (χ1n) is 42.6. The summed E-state index contributed by atoms with van der Waals surface area (Å²) >= 11 is 16.2. The zero-order valence-corrected chi connectivity index (χ0v) is 76.7. The monoisotopic (exact) mass is 1900 g/mol. The lowest BCUT2D eigenvalue weighted by Crippen LogP contribution is -2.29. The van der Waals surface area contributed by atoms with Gasteiger partial charge in [-0.1, -0.05) is 46.5 Å². The van der Waals surface area contributed by atoms with Gasteiger partial charge in [-0.2, -0.15) is 5.48 Å². The molecular weight excluding hydrogens is 1760 g/mol. The average Bonchev–Trinajstić information content (AvgIpc) is 0.892. The summed E-state index contributed by atoms with van der Waals surface area (Å²) in [6, 6.07) is 10.7. The Morgan fingerprint density at radius 3 is 1.18 bits per heavy atom. The molecule has 0 atom stereocenters. The number of benzene rings is 2. The van der Waals surface area contributed by atoms with Crippen molar-refractivity contribution in [3.05, 3.63) is 82.9 Å². The number of nitro benzene ring substituents is 1. The van der Waals surface area contributed by atoms with Gasteiger partial charge in [0, 0.05) is 107 Å². The number of aliphatic hydroxyl groups is 1. The molecule has 128 heavy (non-hydrogen) atoms. The van der Waals surface area contributed by atoms with Crippen LogP contribution in [0.4, 0.5) is 29.7 Å². The van der Waals surface area contributed by atoms with E-state index in [4.69, 9.17) is 150 Å². The second-order valence-corrected chi connectivity index (χ2v) is 26.3. The van der Waals surface area contributed by atoms with Gasteiger partial charge < -0.3 is 131 Å². The number of rotatable bonds is 79. The van der Waals surface area contributed by atoms with Gasteiger partial charge in [-0.05, 0) is 125 Å². The van der Waals surface area contributed by atoms with Crippen molar-refractivity contribution in [1.82, 2.24) is 21.0 Å². The molecule has 3 amide bonds. The van der Waals surface area contributed by atoms with E-state index in [0.29, 0.717) is 156 Å². The third kappa shape index (κ3) is 98.8. The van der Waals surface area contributed by atoms with E-state index in [2.05, 4.69) is 51.4 Å². The van der Waals surface area contributed by atoms with Crippen LogP contribution in [0.5, 0.6) is 17.2 Å². The van der Waals surface area contributed by atoms with E-state index in [1.807, 2.05) is 0 Å². The van der Waals surface area contributed by atoms with E-state index in [1.54, 1.807) is 12.2 Å². The number of nitro groups is 1. The molecule has 0 aromatic heterocycles. The minimum Gasteiger partial charge on any atom is -0.508 e. The van der Waals surface area contributed by atoms with Crippen LogP contribution in [0.3, 0.4) is 0 Å². The second-order valence-electron chi connectivity index (χ2n) is 25.3. The minimum atomic E-state index is -0.978. The predicted octanol–water partition coefficient (Wildman–Crippen LogP) is 9.99. The number of ether oxygens (including phenoxy) is 21. The fourth-order valence-electron chi connectivity index (χ4n) is 8.76. The van der Waals surface area contributed by atoms with Crippen molar-refractivity contribution in [3.63, 3.8) is 0 Å². The summed E-state index contributed by atoms with van der Waals surface area (Å²) in [5, 5.41) is 40.8. The van der Waals surface area contributed by atoms with Crippen molar-refractivity contribution < 1.29 is 168 Å². The molecular formula is C83H141Cl3N6O36. The number of esters is 3. The van der Waals surface area contributed by atoms with Crippen molar-refractivity contribution in [3.8, 4) is 17.2 Å². The van der Waals surface area contributed by atoms with Crippen LogP contribution in [0.25, 0.3) is 0 Å². The number of nitrogens with one attached hydrogen (secondary N) is 3. The van der Waals surface area contributed by atoms with E-state index in [1.165, 1.54) is 80.3 Å². The number of aliphatic hydroxyl groups excluding tert-OH is 1. The number of hydroxylamine groups is 1. The van der Waals surface area contributed by atoms with Crippen LogP contribution in [0.1, 0.15) is 111 Å². The molecule has 42 nitrogen and oxygen atoms in total. The molecule has 2 aromatic carbocycles. The van der Waals surface area contributed by atoms with Gasteiger partial charge >= 0.3 is 47.8 Å². The first-order chi connectivity index (χ1) is 62.3. The van der Waals surface area contributed by atoms with E-state index >= 15 is 0 Å². The molecule has 0 bridgehead atoms. The number of nitrogens with two attached hydrogens (primary N) is 1. The minimum absolute atomic E-state index is 0.00304. The highest BCUT2D eigenvalue weighted by atomic mass is 35.5. The van der Waals surface area contributed by atoms with Crippen molar-refractivity contribution in [2.45, 2.75) is 111 Å². The van der Waals surface area contributed by atoms with E-state index in [0.717, 1.165) is 58.0 Å². The zero-order chi connectivity index (χ0) is 94.6. The Balaban J connectivity index is -0.00000189. The van der Waals surface area contributed by atoms with Gasteiger partial charge in [0.05, 0.1) is 144 Å². The molecule has 45 heteroatoms. The molecule has 8 N–H and O–H groups in total. The third-order valence-corrected chi connectivity index (χ3v) is 15.8. The molecule has 0 saturated heterocycles. The Labute approximate surface area is 766 Å². The van der Waals surface area contributed by atoms with Gasteiger partial charge in [-0.25, -0.2) is 28.9 Å². The number of carbonyl (C=O) groups is 8. The molecule has 740 valence electrons. The lowest BCUT2D eigenvalue weighted by molar-refractivity contribution is -0.384. The standard InChI is InChI=1S/C38H60ClNO16.C28H51ClN2O13.C7H4ClNO4.C6H15N.C4H11NO3/c39-15-3-1-2-4-17-46-23-26-49-22-16-40-37(44)54-31-29-50-27-24-47-18-7-9-35(42)52-20-5-6-21-53-36(43)10-8-19-48-25-28-51-30-32-55-38(45)56-34-13-11-33(41)12-14-34;29-9-3-1-2-4-12-36-18-19-37-13-7-8-26(33)41-24-22-40-23-25-44-31-28(35)43-15-6-5-14-42-27(34)30-10-16-38-20-21-39-17-11-32;8-7(10)13-6-3-1-5(2-4-6)9(11)12;1-4-7(5-2)6-3;5-1-2-7-3-4-8-6/h5-6,11-14,41H,1-4,7-10,15-32H2,(H,40,44);5-6,32H,1-4,7-25H2,(H,30,34)(H,31,35);1-4H;4-6H2,1-3H3;6H,1-5H2/b2*6-5-;;;. The number of halogens is 3. The van der Waals surface area contributed by atoms with Gasteiger partial charge in [0.15, 0.2) is 0 Å². The Kier molecular flexibility index (Phi) is 98.5. The van der Waals surface area contributed by atoms with Crippen molar-refractivity contribution in [2.75, 3.05) is 276 Å². The number of alkyl halides is 2. The number of phenols is 1. The number of nitrogens with zero attached hydrogens (tertiary/aromatic N) is 2. The van der Waals surface area contributed by atoms with Crippen LogP contribution in [0.15, 0.2) is 72.8 Å². The molecule has 0 fully saturated rings. The largest absolute Gasteiger partial charge is 0.513 e. The van der Waals surface area contributed by atoms with Crippen LogP contribution in [0, 0.1) is 10.1 Å². The molecule has 0 heterocycles. The highest BCUT2D eigenvalue weighted by Crippen LogP contribution is 2.19. The molecule has 0 aliphatic rings. The quantitative estimate of drug-likeness (QED) is 0.00309. The number of aromatic hydroxyl groups is 1. The highest BCUT2D eigenvalue weighted by molar-refractivity contribution is 6.61. The smallest absolute Gasteiger partial charge is 0.508 e. The lowest BCUT2D eigenvalue weighted by Gasteiger charge is -2.13. The normalized spacial score (nSPS) is 10.7. The number of alkyl carbamates (subject to hydrolysis) is 2. The number of amides is 3. The van der Waals surface area contributed by atoms with E-state index < -0.39 is 34.8 Å². The van der Waals surface area contributed by atoms with Crippen LogP contribution >= 0.6 is 34.8 Å².